The number of hydrogen-bond acceptors (Lipinski definition) is 4. The van der Waals surface area contributed by atoms with E-state index in [0.29, 0.717) is 12.2 Å². The van der Waals surface area contributed by atoms with Crippen LogP contribution >= 0.6 is 0 Å². The molecule has 1 N–H and O–H groups in total. The molecule has 0 saturated carbocycles. The van der Waals surface area contributed by atoms with Crippen molar-refractivity contribution in [3.05, 3.63) is 41.2 Å². The SMILES string of the molecule is CCn1nc(C)cc1CC(O)c1ccc2c(c1)OCO2. The van der Waals surface area contributed by atoms with Gasteiger partial charge in [0.05, 0.1) is 11.8 Å². The Labute approximate surface area is 117 Å². The molecule has 3 rings (SSSR count). The molecule has 106 valence electrons. The van der Waals surface area contributed by atoms with Crippen molar-refractivity contribution < 1.29 is 14.6 Å². The van der Waals surface area contributed by atoms with Gasteiger partial charge in [0.25, 0.3) is 0 Å². The molecule has 1 aromatic carbocycles. The van der Waals surface area contributed by atoms with E-state index in [-0.39, 0.29) is 6.79 Å². The molecule has 0 bridgehead atoms. The Morgan fingerprint density at radius 2 is 2.10 bits per heavy atom. The van der Waals surface area contributed by atoms with Crippen molar-refractivity contribution >= 4 is 0 Å². The zero-order chi connectivity index (χ0) is 14.1. The number of rotatable bonds is 4. The summed E-state index contributed by atoms with van der Waals surface area (Å²) in [6.07, 6.45) is -0.0418. The Balaban J connectivity index is 1.80. The van der Waals surface area contributed by atoms with Gasteiger partial charge < -0.3 is 14.6 Å². The predicted octanol–water partition coefficient (Wildman–Crippen LogP) is 2.22. The van der Waals surface area contributed by atoms with E-state index in [1.54, 1.807) is 0 Å². The fourth-order valence-electron chi connectivity index (χ4n) is 2.47. The molecular formula is C15H18N2O3. The Morgan fingerprint density at radius 1 is 1.30 bits per heavy atom. The average molecular weight is 274 g/mol. The Hall–Kier alpha value is -2.01. The molecule has 1 aliphatic heterocycles. The van der Waals surface area contributed by atoms with Crippen LogP contribution < -0.4 is 9.47 Å². The fraction of sp³-hybridized carbons (Fsp3) is 0.400. The summed E-state index contributed by atoms with van der Waals surface area (Å²) in [5, 5.41) is 14.8. The van der Waals surface area contributed by atoms with E-state index in [9.17, 15) is 5.11 Å². The quantitative estimate of drug-likeness (QED) is 0.928. The van der Waals surface area contributed by atoms with Gasteiger partial charge in [0.2, 0.25) is 6.79 Å². The molecule has 0 fully saturated rings. The lowest BCUT2D eigenvalue weighted by molar-refractivity contribution is 0.170. The molecule has 0 saturated heterocycles. The minimum atomic E-state index is -0.578. The topological polar surface area (TPSA) is 56.5 Å². The minimum Gasteiger partial charge on any atom is -0.454 e. The van der Waals surface area contributed by atoms with Gasteiger partial charge in [-0.15, -0.1) is 0 Å². The zero-order valence-electron chi connectivity index (χ0n) is 11.7. The van der Waals surface area contributed by atoms with Crippen LogP contribution in [0.3, 0.4) is 0 Å². The normalized spacial score (nSPS) is 14.6. The third kappa shape index (κ3) is 2.36. The highest BCUT2D eigenvalue weighted by Crippen LogP contribution is 2.34. The maximum atomic E-state index is 10.4. The molecule has 2 aromatic rings. The first-order chi connectivity index (χ1) is 9.67. The Morgan fingerprint density at radius 3 is 2.90 bits per heavy atom. The first kappa shape index (κ1) is 13.0. The number of aromatic nitrogens is 2. The lowest BCUT2D eigenvalue weighted by Crippen LogP contribution is -2.08. The number of ether oxygens (including phenoxy) is 2. The van der Waals surface area contributed by atoms with Gasteiger partial charge in [0.1, 0.15) is 0 Å². The van der Waals surface area contributed by atoms with Crippen LogP contribution in [-0.2, 0) is 13.0 Å². The summed E-state index contributed by atoms with van der Waals surface area (Å²) in [6.45, 7) is 5.05. The number of aliphatic hydroxyl groups is 1. The third-order valence-corrected chi connectivity index (χ3v) is 3.47. The second-order valence-corrected chi connectivity index (χ2v) is 4.93. The van der Waals surface area contributed by atoms with Gasteiger partial charge in [-0.25, -0.2) is 0 Å². The van der Waals surface area contributed by atoms with Crippen molar-refractivity contribution in [1.29, 1.82) is 0 Å². The van der Waals surface area contributed by atoms with E-state index >= 15 is 0 Å². The highest BCUT2D eigenvalue weighted by Gasteiger charge is 2.18. The summed E-state index contributed by atoms with van der Waals surface area (Å²) in [6, 6.07) is 7.56. The van der Waals surface area contributed by atoms with Crippen LogP contribution in [-0.4, -0.2) is 21.7 Å². The maximum absolute atomic E-state index is 10.4. The summed E-state index contributed by atoms with van der Waals surface area (Å²) < 4.78 is 12.5. The van der Waals surface area contributed by atoms with Crippen molar-refractivity contribution in [3.8, 4) is 11.5 Å². The van der Waals surface area contributed by atoms with Gasteiger partial charge in [-0.05, 0) is 37.6 Å². The molecule has 2 heterocycles. The van der Waals surface area contributed by atoms with Crippen molar-refractivity contribution in [1.82, 2.24) is 9.78 Å². The van der Waals surface area contributed by atoms with E-state index in [1.807, 2.05) is 42.8 Å². The monoisotopic (exact) mass is 274 g/mol. The van der Waals surface area contributed by atoms with Gasteiger partial charge >= 0.3 is 0 Å². The number of hydrogen-bond donors (Lipinski definition) is 1. The van der Waals surface area contributed by atoms with E-state index in [2.05, 4.69) is 5.10 Å². The molecule has 0 amide bonds. The first-order valence-corrected chi connectivity index (χ1v) is 6.78. The number of fused-ring (bicyclic) bond motifs is 1. The van der Waals surface area contributed by atoms with Gasteiger partial charge in [0, 0.05) is 18.7 Å². The molecule has 0 aliphatic carbocycles. The fourth-order valence-corrected chi connectivity index (χ4v) is 2.47. The standard InChI is InChI=1S/C15H18N2O3/c1-3-17-12(6-10(2)16-17)8-13(18)11-4-5-14-15(7-11)20-9-19-14/h4-7,13,18H,3,8-9H2,1-2H3. The van der Waals surface area contributed by atoms with Gasteiger partial charge in [-0.2, -0.15) is 5.10 Å². The number of aryl methyl sites for hydroxylation is 2. The highest BCUT2D eigenvalue weighted by atomic mass is 16.7. The summed E-state index contributed by atoms with van der Waals surface area (Å²) in [4.78, 5) is 0. The summed E-state index contributed by atoms with van der Waals surface area (Å²) in [7, 11) is 0. The lowest BCUT2D eigenvalue weighted by atomic mass is 10.0. The molecule has 0 spiro atoms. The molecular weight excluding hydrogens is 256 g/mol. The van der Waals surface area contributed by atoms with Gasteiger partial charge in [-0.1, -0.05) is 6.07 Å². The smallest absolute Gasteiger partial charge is 0.231 e. The highest BCUT2D eigenvalue weighted by molar-refractivity contribution is 5.45. The number of nitrogens with zero attached hydrogens (tertiary/aromatic N) is 2. The Kier molecular flexibility index (Phi) is 3.36. The van der Waals surface area contributed by atoms with E-state index in [4.69, 9.17) is 9.47 Å². The van der Waals surface area contributed by atoms with Crippen LogP contribution in [0.5, 0.6) is 11.5 Å². The molecule has 20 heavy (non-hydrogen) atoms. The molecule has 1 aliphatic rings. The van der Waals surface area contributed by atoms with Gasteiger partial charge in [-0.3, -0.25) is 4.68 Å². The largest absolute Gasteiger partial charge is 0.454 e. The number of benzene rings is 1. The van der Waals surface area contributed by atoms with Crippen LogP contribution in [0.1, 0.15) is 30.0 Å². The summed E-state index contributed by atoms with van der Waals surface area (Å²) >= 11 is 0. The third-order valence-electron chi connectivity index (χ3n) is 3.47. The molecule has 1 atom stereocenters. The van der Waals surface area contributed by atoms with Crippen LogP contribution in [0.2, 0.25) is 0 Å². The van der Waals surface area contributed by atoms with Gasteiger partial charge in [0.15, 0.2) is 11.5 Å². The predicted molar refractivity (Wildman–Crippen MR) is 73.9 cm³/mol. The second kappa shape index (κ2) is 5.17. The van der Waals surface area contributed by atoms with Crippen molar-refractivity contribution in [3.63, 3.8) is 0 Å². The second-order valence-electron chi connectivity index (χ2n) is 4.93. The van der Waals surface area contributed by atoms with E-state index in [0.717, 1.165) is 29.2 Å². The number of aliphatic hydroxyl groups excluding tert-OH is 1. The Bertz CT molecular complexity index is 622. The van der Waals surface area contributed by atoms with Crippen molar-refractivity contribution in [2.24, 2.45) is 0 Å². The molecule has 0 radical (unpaired) electrons. The maximum Gasteiger partial charge on any atom is 0.231 e. The first-order valence-electron chi connectivity index (χ1n) is 6.78. The van der Waals surface area contributed by atoms with E-state index in [1.165, 1.54) is 0 Å². The lowest BCUT2D eigenvalue weighted by Gasteiger charge is -2.12. The molecule has 1 aromatic heterocycles. The molecule has 5 nitrogen and oxygen atoms in total. The van der Waals surface area contributed by atoms with Crippen LogP contribution in [0.25, 0.3) is 0 Å². The summed E-state index contributed by atoms with van der Waals surface area (Å²) in [5.41, 5.74) is 2.84. The summed E-state index contributed by atoms with van der Waals surface area (Å²) in [5.74, 6) is 1.43. The minimum absolute atomic E-state index is 0.247. The average Bonchev–Trinajstić information content (AvgIpc) is 3.03. The van der Waals surface area contributed by atoms with Crippen LogP contribution in [0, 0.1) is 6.92 Å². The molecule has 1 unspecified atom stereocenters. The van der Waals surface area contributed by atoms with Crippen LogP contribution in [0.4, 0.5) is 0 Å². The zero-order valence-corrected chi connectivity index (χ0v) is 11.7. The van der Waals surface area contributed by atoms with Crippen LogP contribution in [0.15, 0.2) is 24.3 Å². The van der Waals surface area contributed by atoms with Crippen molar-refractivity contribution in [2.45, 2.75) is 32.9 Å². The van der Waals surface area contributed by atoms with E-state index < -0.39 is 6.10 Å². The van der Waals surface area contributed by atoms with Crippen molar-refractivity contribution in [2.75, 3.05) is 6.79 Å². The molecule has 5 heteroatoms.